The summed E-state index contributed by atoms with van der Waals surface area (Å²) >= 11 is 0. The largest absolute Gasteiger partial charge is 4.00 e. The first-order valence-corrected chi connectivity index (χ1v) is 0. The maximum atomic E-state index is 0. The Bertz CT molecular complexity index is 12.4. The normalized spacial score (nSPS) is 0. The van der Waals surface area contributed by atoms with Crippen molar-refractivity contribution < 1.29 is 66.5 Å². The van der Waals surface area contributed by atoms with Gasteiger partial charge in [0.25, 0.3) is 0 Å². The third-order valence-corrected chi connectivity index (χ3v) is 0. The fourth-order valence-corrected chi connectivity index (χ4v) is 0. The molecule has 0 aliphatic carbocycles. The summed E-state index contributed by atoms with van der Waals surface area (Å²) in [7, 11) is 0. The molecule has 0 bridgehead atoms. The minimum absolute atomic E-state index is 0. The topological polar surface area (TPSA) is 142 Å². The Morgan fingerprint density at radius 3 is 0.500 bits per heavy atom. The predicted octanol–water partition coefficient (Wildman–Crippen LogP) is -0.980. The van der Waals surface area contributed by atoms with Crippen LogP contribution in [-0.4, -0.2) is 17.4 Å². The Labute approximate surface area is 83.5 Å². The summed E-state index contributed by atoms with van der Waals surface area (Å²) in [6, 6.07) is 0. The number of hydrogen-bond acceptors (Lipinski definition) is 0. The van der Waals surface area contributed by atoms with Gasteiger partial charge in [-0.05, 0) is 0 Å². The van der Waals surface area contributed by atoms with Crippen molar-refractivity contribution in [1.29, 1.82) is 0 Å². The average Bonchev–Trinajstić information content (AvgIpc) is 0. The van der Waals surface area contributed by atoms with E-state index in [0.29, 0.717) is 0 Å². The molecule has 0 N–H and O–H groups in total. The van der Waals surface area contributed by atoms with Crippen LogP contribution < -0.4 is 0 Å². The van der Waals surface area contributed by atoms with Crippen LogP contribution in [0.5, 0.6) is 0 Å². The minimum atomic E-state index is 0. The zero-order chi connectivity index (χ0) is 0. The fraction of sp³-hybridized carbons (Fsp3) is 0. The minimum Gasteiger partial charge on any atom is -2.00 e. The van der Waals surface area contributed by atoms with Crippen molar-refractivity contribution >= 4 is 17.4 Å². The summed E-state index contributed by atoms with van der Waals surface area (Å²) in [5, 5.41) is 0. The molecular formula is AlCrO5Ti. The van der Waals surface area contributed by atoms with Crippen LogP contribution in [0, 0.1) is 0 Å². The Kier molecular flexibility index (Phi) is 6980. The molecule has 0 spiro atoms. The van der Waals surface area contributed by atoms with E-state index < -0.39 is 0 Å². The van der Waals surface area contributed by atoms with Gasteiger partial charge in [0.2, 0.25) is 0 Å². The first kappa shape index (κ1) is 283. The third kappa shape index (κ3) is 132. The van der Waals surface area contributed by atoms with Crippen molar-refractivity contribution in [2.24, 2.45) is 0 Å². The van der Waals surface area contributed by atoms with Crippen LogP contribution in [0.3, 0.4) is 0 Å². The van der Waals surface area contributed by atoms with Crippen LogP contribution in [0.1, 0.15) is 0 Å². The van der Waals surface area contributed by atoms with Gasteiger partial charge in [-0.25, -0.2) is 0 Å². The molecule has 43 valence electrons. The summed E-state index contributed by atoms with van der Waals surface area (Å²) in [5.41, 5.74) is 0. The van der Waals surface area contributed by atoms with E-state index in [1.54, 1.807) is 0 Å². The molecule has 0 atom stereocenters. The maximum Gasteiger partial charge on any atom is 4.00 e. The smallest absolute Gasteiger partial charge is 2.00 e. The molecule has 0 aromatic heterocycles. The summed E-state index contributed by atoms with van der Waals surface area (Å²) in [6.07, 6.45) is 0. The fourth-order valence-electron chi connectivity index (χ4n) is 0. The zero-order valence-electron chi connectivity index (χ0n) is 3.53. The molecule has 0 saturated heterocycles. The molecular weight excluding hydrogens is 207 g/mol. The van der Waals surface area contributed by atoms with E-state index in [-0.39, 0.29) is 83.8 Å². The van der Waals surface area contributed by atoms with Crippen molar-refractivity contribution in [3.63, 3.8) is 0 Å². The maximum absolute atomic E-state index is 0. The van der Waals surface area contributed by atoms with E-state index in [9.17, 15) is 0 Å². The molecule has 5 nitrogen and oxygen atoms in total. The molecule has 8 heavy (non-hydrogen) atoms. The van der Waals surface area contributed by atoms with E-state index in [2.05, 4.69) is 0 Å². The van der Waals surface area contributed by atoms with Crippen LogP contribution in [-0.2, 0) is 66.5 Å². The molecule has 0 saturated carbocycles. The zero-order valence-corrected chi connectivity index (χ0v) is 7.52. The number of rotatable bonds is 0. The Morgan fingerprint density at radius 1 is 0.500 bits per heavy atom. The Morgan fingerprint density at radius 2 is 0.500 bits per heavy atom. The van der Waals surface area contributed by atoms with E-state index in [1.165, 1.54) is 0 Å². The second-order valence-electron chi connectivity index (χ2n) is 0. The van der Waals surface area contributed by atoms with E-state index in [1.807, 2.05) is 0 Å². The molecule has 0 amide bonds. The van der Waals surface area contributed by atoms with Crippen molar-refractivity contribution in [1.82, 2.24) is 0 Å². The van der Waals surface area contributed by atoms with Gasteiger partial charge in [0.1, 0.15) is 0 Å². The van der Waals surface area contributed by atoms with Crippen molar-refractivity contribution in [3.8, 4) is 0 Å². The average molecular weight is 207 g/mol. The third-order valence-electron chi connectivity index (χ3n) is 0. The molecule has 0 rings (SSSR count). The number of hydrogen-bond donors (Lipinski definition) is 0. The van der Waals surface area contributed by atoms with Crippen LogP contribution in [0.4, 0.5) is 0 Å². The van der Waals surface area contributed by atoms with Crippen LogP contribution in [0.25, 0.3) is 0 Å². The van der Waals surface area contributed by atoms with Gasteiger partial charge < -0.3 is 27.4 Å². The molecule has 0 aromatic rings. The molecule has 0 aliphatic heterocycles. The van der Waals surface area contributed by atoms with E-state index in [0.717, 1.165) is 0 Å². The van der Waals surface area contributed by atoms with E-state index in [4.69, 9.17) is 0 Å². The molecule has 0 unspecified atom stereocenters. The Balaban J connectivity index is 0. The first-order valence-electron chi connectivity index (χ1n) is 0. The van der Waals surface area contributed by atoms with Gasteiger partial charge in [-0.2, -0.15) is 0 Å². The molecule has 0 aromatic carbocycles. The van der Waals surface area contributed by atoms with Crippen LogP contribution in [0.15, 0.2) is 0 Å². The van der Waals surface area contributed by atoms with Gasteiger partial charge in [0, 0.05) is 0 Å². The quantitative estimate of drug-likeness (QED) is 0.449. The van der Waals surface area contributed by atoms with Gasteiger partial charge in [-0.1, -0.05) is 0 Å². The summed E-state index contributed by atoms with van der Waals surface area (Å²) in [6.45, 7) is 0. The second kappa shape index (κ2) is 198. The molecule has 0 aliphatic rings. The Hall–Kier alpha value is 1.58. The molecule has 8 heteroatoms. The molecule has 1 radical (unpaired) electrons. The van der Waals surface area contributed by atoms with Gasteiger partial charge in [-0.3, -0.25) is 0 Å². The van der Waals surface area contributed by atoms with Gasteiger partial charge >= 0.3 is 56.4 Å². The SMILES string of the molecule is [Al+3].[Cr+3].[O-2].[O-2].[O-2].[O-2].[O-2].[Ti+4]. The molecule has 0 heterocycles. The van der Waals surface area contributed by atoms with Crippen LogP contribution >= 0.6 is 0 Å². The van der Waals surface area contributed by atoms with Crippen molar-refractivity contribution in [2.75, 3.05) is 0 Å². The van der Waals surface area contributed by atoms with E-state index >= 15 is 0 Å². The first-order chi connectivity index (χ1) is 0. The summed E-state index contributed by atoms with van der Waals surface area (Å²) in [5.74, 6) is 0. The van der Waals surface area contributed by atoms with Gasteiger partial charge in [0.05, 0.1) is 0 Å². The summed E-state index contributed by atoms with van der Waals surface area (Å²) in [4.78, 5) is 0. The molecule has 0 fully saturated rings. The van der Waals surface area contributed by atoms with Crippen LogP contribution in [0.2, 0.25) is 0 Å². The van der Waals surface area contributed by atoms with Gasteiger partial charge in [0.15, 0.2) is 0 Å². The van der Waals surface area contributed by atoms with Crippen molar-refractivity contribution in [2.45, 2.75) is 0 Å². The summed E-state index contributed by atoms with van der Waals surface area (Å²) < 4.78 is 0. The van der Waals surface area contributed by atoms with Gasteiger partial charge in [-0.15, -0.1) is 0 Å². The second-order valence-corrected chi connectivity index (χ2v) is 0. The monoisotopic (exact) mass is 207 g/mol. The predicted molar refractivity (Wildman–Crippen MR) is 9.19 cm³/mol. The standard InChI is InChI=1S/Al.Cr.5O.Ti/q2*+3;5*-2;+4. The van der Waals surface area contributed by atoms with Crippen molar-refractivity contribution in [3.05, 3.63) is 0 Å².